The number of nitrogens with zero attached hydrogens (tertiary/aromatic N) is 4. The summed E-state index contributed by atoms with van der Waals surface area (Å²) in [5.41, 5.74) is 3.36. The zero-order valence-corrected chi connectivity index (χ0v) is 16.7. The van der Waals surface area contributed by atoms with E-state index in [4.69, 9.17) is 16.1 Å². The summed E-state index contributed by atoms with van der Waals surface area (Å²) in [6, 6.07) is 19.3. The minimum absolute atomic E-state index is 0.0548. The van der Waals surface area contributed by atoms with Gasteiger partial charge in [-0.05, 0) is 17.7 Å². The Hall–Kier alpha value is -3.45. The molecule has 5 rings (SSSR count). The van der Waals surface area contributed by atoms with Gasteiger partial charge in [0.1, 0.15) is 5.69 Å². The number of benzene rings is 2. The minimum atomic E-state index is -0.117. The molecule has 30 heavy (non-hydrogen) atoms. The second kappa shape index (κ2) is 7.76. The second-order valence-electron chi connectivity index (χ2n) is 7.26. The third-order valence-corrected chi connectivity index (χ3v) is 5.59. The van der Waals surface area contributed by atoms with Crippen molar-refractivity contribution >= 4 is 17.5 Å². The molecule has 1 aliphatic heterocycles. The van der Waals surface area contributed by atoms with Crippen LogP contribution in [0.5, 0.6) is 0 Å². The van der Waals surface area contributed by atoms with E-state index in [0.717, 1.165) is 16.8 Å². The first kappa shape index (κ1) is 18.6. The molecule has 1 fully saturated rings. The van der Waals surface area contributed by atoms with E-state index in [0.29, 0.717) is 41.9 Å². The molecule has 1 aliphatic rings. The number of aromatic amines is 1. The molecular formula is C22H18ClN5O2. The first-order valence-electron chi connectivity index (χ1n) is 9.63. The number of aromatic nitrogens is 4. The Bertz CT molecular complexity index is 1190. The van der Waals surface area contributed by atoms with Crippen molar-refractivity contribution in [2.75, 3.05) is 6.54 Å². The van der Waals surface area contributed by atoms with Crippen LogP contribution in [-0.4, -0.2) is 37.7 Å². The van der Waals surface area contributed by atoms with E-state index < -0.39 is 0 Å². The monoisotopic (exact) mass is 419 g/mol. The van der Waals surface area contributed by atoms with E-state index in [-0.39, 0.29) is 11.8 Å². The number of rotatable bonds is 5. The van der Waals surface area contributed by atoms with Crippen molar-refractivity contribution in [3.8, 4) is 22.8 Å². The van der Waals surface area contributed by atoms with E-state index in [1.54, 1.807) is 4.90 Å². The molecule has 1 amide bonds. The molecule has 1 atom stereocenters. The number of likely N-dealkylation sites (tertiary alicyclic amines) is 1. The molecule has 1 N–H and O–H groups in total. The number of H-pyrrole nitrogens is 1. The first-order chi connectivity index (χ1) is 14.7. The summed E-state index contributed by atoms with van der Waals surface area (Å²) in [5.74, 6) is 0.820. The quantitative estimate of drug-likeness (QED) is 0.521. The van der Waals surface area contributed by atoms with Gasteiger partial charge in [0.25, 0.3) is 5.89 Å². The lowest BCUT2D eigenvalue weighted by Crippen LogP contribution is -2.24. The van der Waals surface area contributed by atoms with Crippen LogP contribution in [0.15, 0.2) is 65.2 Å². The Labute approximate surface area is 177 Å². The maximum Gasteiger partial charge on any atom is 0.275 e. The Balaban J connectivity index is 1.31. The average molecular weight is 420 g/mol. The van der Waals surface area contributed by atoms with Crippen molar-refractivity contribution in [3.63, 3.8) is 0 Å². The average Bonchev–Trinajstić information content (AvgIpc) is 3.50. The van der Waals surface area contributed by atoms with E-state index in [9.17, 15) is 4.79 Å². The standard InChI is InChI=1S/C22H18ClN5O2/c23-17-9-5-4-8-15(17)12-28-13-16(10-20(28)29)21-24-22(30-27-21)19-11-18(25-26-19)14-6-2-1-3-7-14/h1-9,11,16H,10,12-13H2,(H,25,26). The van der Waals surface area contributed by atoms with Gasteiger partial charge in [0.15, 0.2) is 5.82 Å². The van der Waals surface area contributed by atoms with Crippen LogP contribution >= 0.6 is 11.6 Å². The van der Waals surface area contributed by atoms with Crippen molar-refractivity contribution in [2.24, 2.45) is 0 Å². The molecule has 3 heterocycles. The fourth-order valence-electron chi connectivity index (χ4n) is 3.63. The van der Waals surface area contributed by atoms with Crippen molar-refractivity contribution in [1.29, 1.82) is 0 Å². The summed E-state index contributed by atoms with van der Waals surface area (Å²) in [6.45, 7) is 1.00. The smallest absolute Gasteiger partial charge is 0.275 e. The predicted octanol–water partition coefficient (Wildman–Crippen LogP) is 4.30. The van der Waals surface area contributed by atoms with Gasteiger partial charge in [0.2, 0.25) is 5.91 Å². The van der Waals surface area contributed by atoms with Gasteiger partial charge in [-0.25, -0.2) is 0 Å². The normalized spacial score (nSPS) is 16.4. The van der Waals surface area contributed by atoms with Crippen molar-refractivity contribution in [1.82, 2.24) is 25.2 Å². The first-order valence-corrected chi connectivity index (χ1v) is 10.0. The summed E-state index contributed by atoms with van der Waals surface area (Å²) in [6.07, 6.45) is 0.349. The molecule has 0 aliphatic carbocycles. The van der Waals surface area contributed by atoms with Gasteiger partial charge in [0, 0.05) is 36.0 Å². The predicted molar refractivity (Wildman–Crippen MR) is 112 cm³/mol. The molecule has 0 radical (unpaired) electrons. The van der Waals surface area contributed by atoms with E-state index in [2.05, 4.69) is 20.3 Å². The highest BCUT2D eigenvalue weighted by atomic mass is 35.5. The van der Waals surface area contributed by atoms with Crippen LogP contribution in [0.4, 0.5) is 0 Å². The van der Waals surface area contributed by atoms with Gasteiger partial charge in [-0.15, -0.1) is 0 Å². The lowest BCUT2D eigenvalue weighted by molar-refractivity contribution is -0.128. The summed E-state index contributed by atoms with van der Waals surface area (Å²) < 4.78 is 5.44. The number of amides is 1. The van der Waals surface area contributed by atoms with Gasteiger partial charge in [-0.2, -0.15) is 10.1 Å². The molecule has 0 bridgehead atoms. The van der Waals surface area contributed by atoms with Gasteiger partial charge in [-0.1, -0.05) is 65.3 Å². The summed E-state index contributed by atoms with van der Waals surface area (Å²) in [7, 11) is 0. The molecular weight excluding hydrogens is 402 g/mol. The van der Waals surface area contributed by atoms with Crippen LogP contribution in [-0.2, 0) is 11.3 Å². The highest BCUT2D eigenvalue weighted by Gasteiger charge is 2.34. The van der Waals surface area contributed by atoms with Crippen molar-refractivity contribution < 1.29 is 9.32 Å². The van der Waals surface area contributed by atoms with E-state index >= 15 is 0 Å². The molecule has 7 nitrogen and oxygen atoms in total. The highest BCUT2D eigenvalue weighted by Crippen LogP contribution is 2.30. The lowest BCUT2D eigenvalue weighted by Gasteiger charge is -2.16. The Morgan fingerprint density at radius 2 is 1.93 bits per heavy atom. The fourth-order valence-corrected chi connectivity index (χ4v) is 3.82. The molecule has 4 aromatic rings. The summed E-state index contributed by atoms with van der Waals surface area (Å²) >= 11 is 6.23. The molecule has 2 aromatic carbocycles. The summed E-state index contributed by atoms with van der Waals surface area (Å²) in [4.78, 5) is 18.8. The maximum absolute atomic E-state index is 12.5. The van der Waals surface area contributed by atoms with Gasteiger partial charge < -0.3 is 9.42 Å². The fraction of sp³-hybridized carbons (Fsp3) is 0.182. The minimum Gasteiger partial charge on any atom is -0.338 e. The number of halogens is 1. The Kier molecular flexibility index (Phi) is 4.80. The largest absolute Gasteiger partial charge is 0.338 e. The topological polar surface area (TPSA) is 87.9 Å². The molecule has 0 saturated carbocycles. The van der Waals surface area contributed by atoms with Crippen LogP contribution in [0.2, 0.25) is 5.02 Å². The van der Waals surface area contributed by atoms with Crippen LogP contribution < -0.4 is 0 Å². The molecule has 1 unspecified atom stereocenters. The van der Waals surface area contributed by atoms with Crippen LogP contribution in [0.1, 0.15) is 23.7 Å². The number of carbonyl (C=O) groups is 1. The van der Waals surface area contributed by atoms with Crippen LogP contribution in [0.3, 0.4) is 0 Å². The SMILES string of the molecule is O=C1CC(c2noc(-c3cc(-c4ccccc4)n[nH]3)n2)CN1Cc1ccccc1Cl. The number of hydrogen-bond donors (Lipinski definition) is 1. The van der Waals surface area contributed by atoms with E-state index in [1.807, 2.05) is 60.7 Å². The third kappa shape index (κ3) is 3.59. The van der Waals surface area contributed by atoms with Crippen LogP contribution in [0, 0.1) is 0 Å². The Morgan fingerprint density at radius 3 is 2.77 bits per heavy atom. The third-order valence-electron chi connectivity index (χ3n) is 5.22. The van der Waals surface area contributed by atoms with Crippen LogP contribution in [0.25, 0.3) is 22.8 Å². The number of hydrogen-bond acceptors (Lipinski definition) is 5. The molecule has 150 valence electrons. The zero-order valence-electron chi connectivity index (χ0n) is 16.0. The maximum atomic E-state index is 12.5. The molecule has 1 saturated heterocycles. The van der Waals surface area contributed by atoms with Crippen molar-refractivity contribution in [3.05, 3.63) is 77.1 Å². The molecule has 2 aromatic heterocycles. The summed E-state index contributed by atoms with van der Waals surface area (Å²) in [5, 5.41) is 12.0. The van der Waals surface area contributed by atoms with Gasteiger partial charge >= 0.3 is 0 Å². The lowest BCUT2D eigenvalue weighted by atomic mass is 10.1. The Morgan fingerprint density at radius 1 is 1.13 bits per heavy atom. The molecule has 0 spiro atoms. The van der Waals surface area contributed by atoms with E-state index in [1.165, 1.54) is 0 Å². The zero-order chi connectivity index (χ0) is 20.5. The number of carbonyl (C=O) groups excluding carboxylic acids is 1. The van der Waals surface area contributed by atoms with Gasteiger partial charge in [-0.3, -0.25) is 9.89 Å². The second-order valence-corrected chi connectivity index (χ2v) is 7.66. The number of nitrogens with one attached hydrogen (secondary N) is 1. The highest BCUT2D eigenvalue weighted by molar-refractivity contribution is 6.31. The van der Waals surface area contributed by atoms with Gasteiger partial charge in [0.05, 0.1) is 5.69 Å². The van der Waals surface area contributed by atoms with Crippen molar-refractivity contribution in [2.45, 2.75) is 18.9 Å². The molecule has 8 heteroatoms.